The minimum atomic E-state index is -4.42. The van der Waals surface area contributed by atoms with Crippen LogP contribution in [0.1, 0.15) is 34.1 Å². The molecule has 1 aromatic heterocycles. The first-order chi connectivity index (χ1) is 17.6. The van der Waals surface area contributed by atoms with Crippen LogP contribution in [0.5, 0.6) is 0 Å². The number of rotatable bonds is 11. The van der Waals surface area contributed by atoms with E-state index in [9.17, 15) is 23.1 Å². The lowest BCUT2D eigenvalue weighted by atomic mass is 9.87. The minimum absolute atomic E-state index is 0.0375. The average Bonchev–Trinajstić information content (AvgIpc) is 3.49. The van der Waals surface area contributed by atoms with Crippen LogP contribution in [-0.4, -0.2) is 80.9 Å². The molecular formula is C25H32N2O9S. The second-order valence-corrected chi connectivity index (χ2v) is 10.7. The Hall–Kier alpha value is -3.19. The number of methoxy groups -OCH3 is 4. The van der Waals surface area contributed by atoms with E-state index < -0.39 is 38.7 Å². The summed E-state index contributed by atoms with van der Waals surface area (Å²) in [5.74, 6) is -1.56. The molecule has 3 atom stereocenters. The first-order valence-corrected chi connectivity index (χ1v) is 12.9. The Bertz CT molecular complexity index is 1250. The quantitative estimate of drug-likeness (QED) is 0.424. The molecule has 0 fully saturated rings. The third-order valence-corrected chi connectivity index (χ3v) is 8.64. The maximum absolute atomic E-state index is 14.3. The normalized spacial score (nSPS) is 19.0. The van der Waals surface area contributed by atoms with Gasteiger partial charge in [0.15, 0.2) is 15.4 Å². The Morgan fingerprint density at radius 3 is 2.27 bits per heavy atom. The molecule has 0 bridgehead atoms. The zero-order valence-corrected chi connectivity index (χ0v) is 22.2. The summed E-state index contributed by atoms with van der Waals surface area (Å²) in [6, 6.07) is 7.42. The SMILES string of the molecule is COCN1C=CCC1(C(=O)OC)C(C(O)c1cc(C(=O)OC)cn1COC)S(=O)(=O)c1ccc(C)cc1. The molecule has 0 radical (unpaired) electrons. The molecule has 2 aromatic rings. The number of esters is 2. The highest BCUT2D eigenvalue weighted by Crippen LogP contribution is 2.43. The number of aliphatic hydroxyl groups excluding tert-OH is 1. The van der Waals surface area contributed by atoms with Crippen molar-refractivity contribution in [2.24, 2.45) is 0 Å². The molecule has 12 heteroatoms. The van der Waals surface area contributed by atoms with Crippen LogP contribution in [0.2, 0.25) is 0 Å². The molecule has 3 rings (SSSR count). The Morgan fingerprint density at radius 2 is 1.70 bits per heavy atom. The zero-order chi connectivity index (χ0) is 27.4. The van der Waals surface area contributed by atoms with Gasteiger partial charge in [-0.05, 0) is 31.3 Å². The molecule has 0 amide bonds. The van der Waals surface area contributed by atoms with Gasteiger partial charge in [0.1, 0.15) is 24.8 Å². The molecular weight excluding hydrogens is 504 g/mol. The summed E-state index contributed by atoms with van der Waals surface area (Å²) in [5.41, 5.74) is -0.943. The van der Waals surface area contributed by atoms with Gasteiger partial charge in [-0.3, -0.25) is 0 Å². The monoisotopic (exact) mass is 536 g/mol. The van der Waals surface area contributed by atoms with Crippen LogP contribution < -0.4 is 0 Å². The van der Waals surface area contributed by atoms with E-state index in [4.69, 9.17) is 18.9 Å². The number of nitrogens with zero attached hydrogens (tertiary/aromatic N) is 2. The largest absolute Gasteiger partial charge is 0.467 e. The fourth-order valence-corrected chi connectivity index (χ4v) is 6.78. The number of sulfone groups is 1. The second kappa shape index (κ2) is 11.5. The number of ether oxygens (including phenoxy) is 4. The topological polar surface area (TPSA) is 134 Å². The van der Waals surface area contributed by atoms with Crippen molar-refractivity contribution in [1.29, 1.82) is 0 Å². The van der Waals surface area contributed by atoms with Crippen molar-refractivity contribution in [3.63, 3.8) is 0 Å². The summed E-state index contributed by atoms with van der Waals surface area (Å²) in [7, 11) is 0.747. The van der Waals surface area contributed by atoms with Crippen LogP contribution in [-0.2, 0) is 40.3 Å². The molecule has 0 aliphatic carbocycles. The van der Waals surface area contributed by atoms with Crippen LogP contribution in [0.25, 0.3) is 0 Å². The number of aliphatic hydroxyl groups is 1. The van der Waals surface area contributed by atoms with Crippen LogP contribution in [0.3, 0.4) is 0 Å². The molecule has 0 saturated carbocycles. The third kappa shape index (κ3) is 5.14. The van der Waals surface area contributed by atoms with Gasteiger partial charge in [0.25, 0.3) is 0 Å². The lowest BCUT2D eigenvalue weighted by Crippen LogP contribution is -2.63. The number of aryl methyl sites for hydroxylation is 1. The van der Waals surface area contributed by atoms with Crippen LogP contribution >= 0.6 is 0 Å². The first-order valence-electron chi connectivity index (χ1n) is 11.3. The van der Waals surface area contributed by atoms with E-state index >= 15 is 0 Å². The van der Waals surface area contributed by atoms with Gasteiger partial charge in [0, 0.05) is 26.8 Å². The lowest BCUT2D eigenvalue weighted by molar-refractivity contribution is -0.157. The van der Waals surface area contributed by atoms with E-state index in [0.717, 1.165) is 12.7 Å². The molecule has 1 aliphatic rings. The Morgan fingerprint density at radius 1 is 1.05 bits per heavy atom. The number of carbonyl (C=O) groups excluding carboxylic acids is 2. The fraction of sp³-hybridized carbons (Fsp3) is 0.440. The zero-order valence-electron chi connectivity index (χ0n) is 21.4. The number of aromatic nitrogens is 1. The summed E-state index contributed by atoms with van der Waals surface area (Å²) >= 11 is 0. The van der Waals surface area contributed by atoms with Crippen molar-refractivity contribution in [3.05, 3.63) is 65.6 Å². The molecule has 1 aromatic carbocycles. The molecule has 3 unspecified atom stereocenters. The van der Waals surface area contributed by atoms with Crippen molar-refractivity contribution in [2.45, 2.75) is 41.9 Å². The fourth-order valence-electron chi connectivity index (χ4n) is 4.66. The van der Waals surface area contributed by atoms with E-state index in [1.54, 1.807) is 24.4 Å². The highest BCUT2D eigenvalue weighted by Gasteiger charge is 2.60. The Balaban J connectivity index is 2.32. The van der Waals surface area contributed by atoms with E-state index in [-0.39, 0.29) is 36.0 Å². The molecule has 11 nitrogen and oxygen atoms in total. The van der Waals surface area contributed by atoms with Crippen molar-refractivity contribution in [3.8, 4) is 0 Å². The summed E-state index contributed by atoms with van der Waals surface area (Å²) in [6.07, 6.45) is 2.66. The summed E-state index contributed by atoms with van der Waals surface area (Å²) in [5, 5.41) is 10.1. The standard InChI is InChI=1S/C25H32N2O9S/c1-17-7-9-19(10-8-17)37(31,32)22(25(24(30)36-5)11-6-12-27(25)16-34-3)21(28)20-13-18(23(29)35-4)14-26(20)15-33-2/h6-10,12-14,21-22,28H,11,15-16H2,1-5H3. The van der Waals surface area contributed by atoms with Crippen LogP contribution in [0.15, 0.2) is 53.7 Å². The Kier molecular flexibility index (Phi) is 8.80. The van der Waals surface area contributed by atoms with Crippen molar-refractivity contribution < 1.29 is 42.1 Å². The molecule has 2 heterocycles. The lowest BCUT2D eigenvalue weighted by Gasteiger charge is -2.43. The number of carbonyl (C=O) groups is 2. The maximum atomic E-state index is 14.3. The second-order valence-electron chi connectivity index (χ2n) is 8.65. The van der Waals surface area contributed by atoms with E-state index in [1.165, 1.54) is 55.2 Å². The van der Waals surface area contributed by atoms with Gasteiger partial charge in [-0.15, -0.1) is 0 Å². The van der Waals surface area contributed by atoms with Crippen molar-refractivity contribution in [2.75, 3.05) is 35.2 Å². The van der Waals surface area contributed by atoms with Gasteiger partial charge in [0.05, 0.1) is 30.4 Å². The van der Waals surface area contributed by atoms with Crippen LogP contribution in [0.4, 0.5) is 0 Å². The van der Waals surface area contributed by atoms with Gasteiger partial charge < -0.3 is 33.5 Å². The molecule has 0 spiro atoms. The molecule has 37 heavy (non-hydrogen) atoms. The summed E-state index contributed by atoms with van der Waals surface area (Å²) < 4.78 is 50.3. The predicted molar refractivity (Wildman–Crippen MR) is 132 cm³/mol. The van der Waals surface area contributed by atoms with E-state index in [1.807, 2.05) is 6.92 Å². The molecule has 1 N–H and O–H groups in total. The van der Waals surface area contributed by atoms with E-state index in [0.29, 0.717) is 0 Å². The highest BCUT2D eigenvalue weighted by atomic mass is 32.2. The predicted octanol–water partition coefficient (Wildman–Crippen LogP) is 1.80. The van der Waals surface area contributed by atoms with Gasteiger partial charge in [-0.25, -0.2) is 18.0 Å². The summed E-state index contributed by atoms with van der Waals surface area (Å²) in [4.78, 5) is 27.0. The van der Waals surface area contributed by atoms with Gasteiger partial charge in [-0.1, -0.05) is 23.8 Å². The number of benzene rings is 1. The molecule has 0 saturated heterocycles. The third-order valence-electron chi connectivity index (χ3n) is 6.40. The van der Waals surface area contributed by atoms with E-state index in [2.05, 4.69) is 0 Å². The average molecular weight is 537 g/mol. The number of hydrogen-bond donors (Lipinski definition) is 1. The Labute approximate surface area is 216 Å². The van der Waals surface area contributed by atoms with Crippen molar-refractivity contribution >= 4 is 21.8 Å². The van der Waals surface area contributed by atoms with Crippen molar-refractivity contribution in [1.82, 2.24) is 9.47 Å². The van der Waals surface area contributed by atoms with Crippen LogP contribution in [0, 0.1) is 6.92 Å². The number of hydrogen-bond acceptors (Lipinski definition) is 10. The van der Waals surface area contributed by atoms with Gasteiger partial charge >= 0.3 is 11.9 Å². The molecule has 202 valence electrons. The molecule has 1 aliphatic heterocycles. The highest BCUT2D eigenvalue weighted by molar-refractivity contribution is 7.92. The van der Waals surface area contributed by atoms with Gasteiger partial charge in [-0.2, -0.15) is 0 Å². The van der Waals surface area contributed by atoms with Gasteiger partial charge in [0.2, 0.25) is 0 Å². The minimum Gasteiger partial charge on any atom is -0.467 e. The first kappa shape index (κ1) is 28.4. The summed E-state index contributed by atoms with van der Waals surface area (Å²) in [6.45, 7) is 1.56. The maximum Gasteiger partial charge on any atom is 0.339 e. The smallest absolute Gasteiger partial charge is 0.339 e.